The summed E-state index contributed by atoms with van der Waals surface area (Å²) in [6.45, 7) is 7.54. The van der Waals surface area contributed by atoms with Crippen molar-refractivity contribution in [3.63, 3.8) is 0 Å². The van der Waals surface area contributed by atoms with Crippen LogP contribution in [0.3, 0.4) is 0 Å². The first-order chi connectivity index (χ1) is 16.0. The van der Waals surface area contributed by atoms with Gasteiger partial charge in [0.25, 0.3) is 0 Å². The van der Waals surface area contributed by atoms with Crippen LogP contribution in [0.5, 0.6) is 0 Å². The fourth-order valence-corrected chi connectivity index (χ4v) is 11.0. The van der Waals surface area contributed by atoms with Gasteiger partial charge in [0.15, 0.2) is 0 Å². The van der Waals surface area contributed by atoms with Crippen molar-refractivity contribution < 1.29 is 33.4 Å². The second-order valence-corrected chi connectivity index (χ2v) is 12.7. The van der Waals surface area contributed by atoms with Crippen LogP contribution in [0.1, 0.15) is 66.2 Å². The minimum atomic E-state index is -0.665. The lowest BCUT2D eigenvalue weighted by molar-refractivity contribution is -0.238. The molecule has 6 fully saturated rings. The van der Waals surface area contributed by atoms with Crippen LogP contribution in [0.4, 0.5) is 0 Å². The Labute approximate surface area is 198 Å². The van der Waals surface area contributed by atoms with Crippen molar-refractivity contribution in [2.75, 3.05) is 0 Å². The summed E-state index contributed by atoms with van der Waals surface area (Å²) in [5.41, 5.74) is -2.55. The van der Waals surface area contributed by atoms with Gasteiger partial charge in [-0.3, -0.25) is 19.2 Å². The van der Waals surface area contributed by atoms with E-state index in [1.807, 2.05) is 0 Å². The van der Waals surface area contributed by atoms with Gasteiger partial charge in [0.2, 0.25) is 0 Å². The SMILES string of the molecule is CC(=O)OC1CCC2(C)C3(C=CC4(C5C(=O)OC(=O)C53)C3CCC(C(C)=O)C3(C)CC3OC342)C1. The van der Waals surface area contributed by atoms with Crippen molar-refractivity contribution in [1.29, 1.82) is 0 Å². The van der Waals surface area contributed by atoms with Crippen LogP contribution >= 0.6 is 0 Å². The summed E-state index contributed by atoms with van der Waals surface area (Å²) in [7, 11) is 0. The molecule has 0 aromatic rings. The number of hydrogen-bond acceptors (Lipinski definition) is 7. The average Bonchev–Trinajstić information content (AvgIpc) is 3.23. The summed E-state index contributed by atoms with van der Waals surface area (Å²) in [5, 5.41) is 0. The first-order valence-corrected chi connectivity index (χ1v) is 12.8. The molecular formula is C27H32O7. The lowest BCUT2D eigenvalue weighted by Crippen LogP contribution is -2.77. The maximum Gasteiger partial charge on any atom is 0.318 e. The molecule has 6 aliphatic carbocycles. The zero-order chi connectivity index (χ0) is 24.1. The molecule has 2 bridgehead atoms. The van der Waals surface area contributed by atoms with Gasteiger partial charge in [-0.15, -0.1) is 0 Å². The molecule has 2 heterocycles. The zero-order valence-electron chi connectivity index (χ0n) is 20.2. The average molecular weight is 469 g/mol. The van der Waals surface area contributed by atoms with Gasteiger partial charge in [-0.1, -0.05) is 26.0 Å². The summed E-state index contributed by atoms with van der Waals surface area (Å²) in [5.74, 6) is -2.24. The molecule has 7 nitrogen and oxygen atoms in total. The van der Waals surface area contributed by atoms with E-state index >= 15 is 0 Å². The highest BCUT2D eigenvalue weighted by Gasteiger charge is 2.94. The van der Waals surface area contributed by atoms with Crippen LogP contribution in [0.15, 0.2) is 12.2 Å². The minimum Gasteiger partial charge on any atom is -0.463 e. The van der Waals surface area contributed by atoms with Gasteiger partial charge in [-0.05, 0) is 56.8 Å². The van der Waals surface area contributed by atoms with E-state index in [2.05, 4.69) is 26.0 Å². The van der Waals surface area contributed by atoms with Crippen molar-refractivity contribution in [3.05, 3.63) is 12.2 Å². The fourth-order valence-electron chi connectivity index (χ4n) is 11.0. The Bertz CT molecular complexity index is 1110. The quantitative estimate of drug-likeness (QED) is 0.266. The summed E-state index contributed by atoms with van der Waals surface area (Å²) in [6.07, 6.45) is 8.43. The van der Waals surface area contributed by atoms with E-state index in [4.69, 9.17) is 14.2 Å². The molecule has 4 saturated carbocycles. The van der Waals surface area contributed by atoms with Gasteiger partial charge in [0.1, 0.15) is 17.5 Å². The number of cyclic esters (lactones) is 2. The van der Waals surface area contributed by atoms with Crippen molar-refractivity contribution in [1.82, 2.24) is 0 Å². The second-order valence-electron chi connectivity index (χ2n) is 12.7. The number of esters is 3. The molecule has 182 valence electrons. The summed E-state index contributed by atoms with van der Waals surface area (Å²) in [6, 6.07) is 0. The predicted molar refractivity (Wildman–Crippen MR) is 117 cm³/mol. The van der Waals surface area contributed by atoms with E-state index in [0.29, 0.717) is 12.8 Å². The number of fused-ring (bicyclic) bond motifs is 1. The number of ether oxygens (including phenoxy) is 3. The minimum absolute atomic E-state index is 0.0576. The highest BCUT2D eigenvalue weighted by Crippen LogP contribution is 2.88. The molecule has 3 spiro atoms. The van der Waals surface area contributed by atoms with Gasteiger partial charge in [0, 0.05) is 29.1 Å². The number of Topliss-reactive ketones (excluding diaryl/α,β-unsaturated/α-hetero) is 1. The number of allylic oxidation sites excluding steroid dienone is 1. The molecule has 0 aromatic carbocycles. The van der Waals surface area contributed by atoms with Gasteiger partial charge in [-0.25, -0.2) is 0 Å². The third-order valence-corrected chi connectivity index (χ3v) is 11.9. The lowest BCUT2D eigenvalue weighted by Gasteiger charge is -2.72. The number of carbonyl (C=O) groups is 4. The van der Waals surface area contributed by atoms with Gasteiger partial charge in [-0.2, -0.15) is 0 Å². The van der Waals surface area contributed by atoms with Crippen LogP contribution in [0.25, 0.3) is 0 Å². The van der Waals surface area contributed by atoms with Gasteiger partial charge in [0.05, 0.1) is 17.9 Å². The molecule has 11 unspecified atom stereocenters. The third-order valence-electron chi connectivity index (χ3n) is 11.9. The summed E-state index contributed by atoms with van der Waals surface area (Å²) >= 11 is 0. The third kappa shape index (κ3) is 1.87. The molecule has 2 aliphatic heterocycles. The lowest BCUT2D eigenvalue weighted by atomic mass is 9.27. The summed E-state index contributed by atoms with van der Waals surface area (Å²) in [4.78, 5) is 51.4. The van der Waals surface area contributed by atoms with Crippen LogP contribution in [0, 0.1) is 45.3 Å². The number of rotatable bonds is 2. The van der Waals surface area contributed by atoms with E-state index in [0.717, 1.165) is 25.7 Å². The normalized spacial score (nSPS) is 57.6. The molecule has 2 saturated heterocycles. The van der Waals surface area contributed by atoms with Crippen LogP contribution < -0.4 is 0 Å². The molecular weight excluding hydrogens is 436 g/mol. The van der Waals surface area contributed by atoms with Crippen molar-refractivity contribution in [2.24, 2.45) is 45.3 Å². The Balaban J connectivity index is 1.47. The molecule has 7 heteroatoms. The second kappa shape index (κ2) is 5.85. The topological polar surface area (TPSA) is 99.3 Å². The van der Waals surface area contributed by atoms with E-state index in [9.17, 15) is 19.2 Å². The van der Waals surface area contributed by atoms with Crippen molar-refractivity contribution in [3.8, 4) is 0 Å². The van der Waals surface area contributed by atoms with Crippen LogP contribution in [-0.4, -0.2) is 41.5 Å². The Hall–Kier alpha value is -2.02. The highest BCUT2D eigenvalue weighted by molar-refractivity contribution is 5.99. The first-order valence-electron chi connectivity index (χ1n) is 12.8. The smallest absolute Gasteiger partial charge is 0.318 e. The van der Waals surface area contributed by atoms with E-state index in [1.165, 1.54) is 6.92 Å². The van der Waals surface area contributed by atoms with E-state index in [-0.39, 0.29) is 41.2 Å². The number of carbonyl (C=O) groups excluding carboxylic acids is 4. The maximum absolute atomic E-state index is 13.5. The molecule has 0 radical (unpaired) electrons. The largest absolute Gasteiger partial charge is 0.463 e. The Morgan fingerprint density at radius 2 is 1.74 bits per heavy atom. The molecule has 11 atom stereocenters. The molecule has 0 aromatic heterocycles. The number of hydrogen-bond donors (Lipinski definition) is 0. The maximum atomic E-state index is 13.5. The van der Waals surface area contributed by atoms with Gasteiger partial charge < -0.3 is 14.2 Å². The number of epoxide rings is 1. The van der Waals surface area contributed by atoms with Crippen LogP contribution in [0.2, 0.25) is 0 Å². The Kier molecular flexibility index (Phi) is 3.66. The monoisotopic (exact) mass is 468 g/mol. The molecule has 0 amide bonds. The highest BCUT2D eigenvalue weighted by atomic mass is 16.6. The molecule has 0 N–H and O–H groups in total. The fraction of sp³-hybridized carbons (Fsp3) is 0.778. The number of ketones is 1. The van der Waals surface area contributed by atoms with E-state index < -0.39 is 45.6 Å². The van der Waals surface area contributed by atoms with Crippen molar-refractivity contribution in [2.45, 2.75) is 84.0 Å². The van der Waals surface area contributed by atoms with Gasteiger partial charge >= 0.3 is 17.9 Å². The molecule has 34 heavy (non-hydrogen) atoms. The van der Waals surface area contributed by atoms with Crippen LogP contribution in [-0.2, 0) is 33.4 Å². The first kappa shape index (κ1) is 21.3. The van der Waals surface area contributed by atoms with E-state index in [1.54, 1.807) is 6.92 Å². The molecule has 8 rings (SSSR count). The zero-order valence-corrected chi connectivity index (χ0v) is 20.2. The Morgan fingerprint density at radius 3 is 2.44 bits per heavy atom. The summed E-state index contributed by atoms with van der Waals surface area (Å²) < 4.78 is 17.9. The predicted octanol–water partition coefficient (Wildman–Crippen LogP) is 3.14. The molecule has 8 aliphatic rings. The van der Waals surface area contributed by atoms with Crippen molar-refractivity contribution >= 4 is 23.7 Å². The standard InChI is InChI=1S/C27H32O7/c1-13(28)16-5-6-17-23(16,3)12-18-27(34-18)24(4)8-7-15(32-14(2)29)11-25(24)9-10-26(17,27)20-19(25)21(30)33-22(20)31/h9-10,15-20H,5-8,11-12H2,1-4H3. The Morgan fingerprint density at radius 1 is 1.00 bits per heavy atom.